The van der Waals surface area contributed by atoms with Crippen molar-refractivity contribution in [3.63, 3.8) is 0 Å². The molecule has 0 spiro atoms. The summed E-state index contributed by atoms with van der Waals surface area (Å²) in [5.41, 5.74) is 6.72. The third-order valence-corrected chi connectivity index (χ3v) is 6.67. The van der Waals surface area contributed by atoms with Crippen LogP contribution in [0.25, 0.3) is 21.9 Å². The molecule has 0 aliphatic carbocycles. The number of amides is 1. The summed E-state index contributed by atoms with van der Waals surface area (Å²) in [4.78, 5) is 26.8. The highest BCUT2D eigenvalue weighted by Crippen LogP contribution is 2.42. The first-order valence-electron chi connectivity index (χ1n) is 11.0. The molecule has 0 bridgehead atoms. The van der Waals surface area contributed by atoms with Crippen LogP contribution in [0.1, 0.15) is 33.2 Å². The van der Waals surface area contributed by atoms with E-state index in [1.54, 1.807) is 6.33 Å². The van der Waals surface area contributed by atoms with Crippen molar-refractivity contribution in [3.8, 4) is 11.5 Å². The number of fused-ring (bicyclic) bond motifs is 5. The zero-order valence-corrected chi connectivity index (χ0v) is 17.7. The summed E-state index contributed by atoms with van der Waals surface area (Å²) in [5.74, 6) is 1.43. The molecule has 0 saturated heterocycles. The molecule has 162 valence electrons. The molecule has 7 nitrogen and oxygen atoms in total. The molecule has 3 aromatic carbocycles. The fourth-order valence-electron chi connectivity index (χ4n) is 5.12. The van der Waals surface area contributed by atoms with Crippen molar-refractivity contribution >= 4 is 27.8 Å². The van der Waals surface area contributed by atoms with Gasteiger partial charge in [-0.15, -0.1) is 0 Å². The minimum absolute atomic E-state index is 0.0153. The van der Waals surface area contributed by atoms with Gasteiger partial charge in [0.15, 0.2) is 11.5 Å². The molecule has 7 heteroatoms. The maximum absolute atomic E-state index is 13.8. The molecule has 1 atom stereocenters. The van der Waals surface area contributed by atoms with Gasteiger partial charge in [0.1, 0.15) is 0 Å². The number of carbonyl (C=O) groups is 1. The summed E-state index contributed by atoms with van der Waals surface area (Å²) in [5, 5.41) is 1.21. The van der Waals surface area contributed by atoms with E-state index in [0.29, 0.717) is 17.9 Å². The lowest BCUT2D eigenvalue weighted by Crippen LogP contribution is -2.40. The molecule has 1 unspecified atom stereocenters. The van der Waals surface area contributed by atoms with E-state index in [9.17, 15) is 4.79 Å². The molecule has 7 rings (SSSR count). The van der Waals surface area contributed by atoms with Gasteiger partial charge in [-0.1, -0.05) is 24.3 Å². The fraction of sp³-hybridized carbons (Fsp3) is 0.154. The van der Waals surface area contributed by atoms with Gasteiger partial charge in [-0.2, -0.15) is 0 Å². The summed E-state index contributed by atoms with van der Waals surface area (Å²) in [6, 6.07) is 19.6. The van der Waals surface area contributed by atoms with E-state index in [1.807, 2.05) is 47.4 Å². The maximum Gasteiger partial charge on any atom is 0.254 e. The highest BCUT2D eigenvalue weighted by atomic mass is 16.7. The fourth-order valence-corrected chi connectivity index (χ4v) is 5.12. The maximum atomic E-state index is 13.8. The van der Waals surface area contributed by atoms with Gasteiger partial charge >= 0.3 is 0 Å². The molecular weight excluding hydrogens is 416 g/mol. The van der Waals surface area contributed by atoms with E-state index in [4.69, 9.17) is 9.47 Å². The summed E-state index contributed by atoms with van der Waals surface area (Å²) < 4.78 is 11.2. The number of nitrogens with zero attached hydrogens (tertiary/aromatic N) is 2. The number of ether oxygens (including phenoxy) is 2. The number of H-pyrrole nitrogens is 2. The summed E-state index contributed by atoms with van der Waals surface area (Å²) >= 11 is 0. The highest BCUT2D eigenvalue weighted by molar-refractivity contribution is 5.98. The quantitative estimate of drug-likeness (QED) is 0.425. The minimum atomic E-state index is -0.263. The second kappa shape index (κ2) is 6.87. The SMILES string of the molecule is O=C(c1ccc2nc[nH]c2c1)N1CCc2c([nH]c3ccccc23)C1c1ccc2c(c1)OCO2. The molecule has 4 heterocycles. The first-order valence-corrected chi connectivity index (χ1v) is 11.0. The van der Waals surface area contributed by atoms with Crippen LogP contribution in [-0.4, -0.2) is 39.1 Å². The smallest absolute Gasteiger partial charge is 0.254 e. The molecule has 1 amide bonds. The Balaban J connectivity index is 1.38. The van der Waals surface area contributed by atoms with Gasteiger partial charge in [0.25, 0.3) is 5.91 Å². The van der Waals surface area contributed by atoms with Crippen molar-refractivity contribution in [2.24, 2.45) is 0 Å². The third-order valence-electron chi connectivity index (χ3n) is 6.67. The van der Waals surface area contributed by atoms with Gasteiger partial charge in [0, 0.05) is 28.7 Å². The van der Waals surface area contributed by atoms with Crippen molar-refractivity contribution in [1.29, 1.82) is 0 Å². The Kier molecular flexibility index (Phi) is 3.81. The van der Waals surface area contributed by atoms with Crippen LogP contribution in [0.5, 0.6) is 11.5 Å². The first-order chi connectivity index (χ1) is 16.3. The van der Waals surface area contributed by atoms with Crippen molar-refractivity contribution in [3.05, 3.63) is 89.4 Å². The number of rotatable bonds is 2. The average Bonchev–Trinajstić information content (AvgIpc) is 3.59. The monoisotopic (exact) mass is 436 g/mol. The molecule has 0 fully saturated rings. The Hall–Kier alpha value is -4.26. The average molecular weight is 436 g/mol. The molecule has 0 radical (unpaired) electrons. The van der Waals surface area contributed by atoms with Gasteiger partial charge in [0.05, 0.1) is 23.4 Å². The molecule has 2 aromatic heterocycles. The number of hydrogen-bond donors (Lipinski definition) is 2. The number of para-hydroxylation sites is 1. The number of hydrogen-bond acceptors (Lipinski definition) is 4. The minimum Gasteiger partial charge on any atom is -0.454 e. The third kappa shape index (κ3) is 2.75. The number of imidazole rings is 1. The van der Waals surface area contributed by atoms with Crippen LogP contribution in [0.4, 0.5) is 0 Å². The van der Waals surface area contributed by atoms with Crippen molar-refractivity contribution < 1.29 is 14.3 Å². The number of aromatic amines is 2. The second-order valence-corrected chi connectivity index (χ2v) is 8.46. The van der Waals surface area contributed by atoms with Crippen molar-refractivity contribution in [2.75, 3.05) is 13.3 Å². The summed E-state index contributed by atoms with van der Waals surface area (Å²) in [6.45, 7) is 0.835. The Bertz CT molecular complexity index is 1550. The van der Waals surface area contributed by atoms with Crippen molar-refractivity contribution in [2.45, 2.75) is 12.5 Å². The number of nitrogens with one attached hydrogen (secondary N) is 2. The Morgan fingerprint density at radius 3 is 2.88 bits per heavy atom. The van der Waals surface area contributed by atoms with E-state index >= 15 is 0 Å². The van der Waals surface area contributed by atoms with Crippen LogP contribution < -0.4 is 9.47 Å². The lowest BCUT2D eigenvalue weighted by molar-refractivity contribution is 0.0692. The van der Waals surface area contributed by atoms with Crippen LogP contribution in [0.15, 0.2) is 67.0 Å². The topological polar surface area (TPSA) is 83.2 Å². The van der Waals surface area contributed by atoms with E-state index < -0.39 is 0 Å². The van der Waals surface area contributed by atoms with Gasteiger partial charge in [-0.05, 0) is 53.9 Å². The molecule has 5 aromatic rings. The van der Waals surface area contributed by atoms with Crippen LogP contribution in [0.2, 0.25) is 0 Å². The highest BCUT2D eigenvalue weighted by Gasteiger charge is 2.35. The molecule has 0 saturated carbocycles. The van der Waals surface area contributed by atoms with Gasteiger partial charge in [-0.3, -0.25) is 4.79 Å². The number of aromatic nitrogens is 3. The molecule has 33 heavy (non-hydrogen) atoms. The van der Waals surface area contributed by atoms with Crippen LogP contribution >= 0.6 is 0 Å². The number of carbonyl (C=O) groups excluding carboxylic acids is 1. The number of benzene rings is 3. The summed E-state index contributed by atoms with van der Waals surface area (Å²) in [7, 11) is 0. The zero-order chi connectivity index (χ0) is 21.9. The van der Waals surface area contributed by atoms with E-state index in [2.05, 4.69) is 33.2 Å². The lowest BCUT2D eigenvalue weighted by atomic mass is 9.91. The Morgan fingerprint density at radius 2 is 1.91 bits per heavy atom. The van der Waals surface area contributed by atoms with E-state index in [-0.39, 0.29) is 18.7 Å². The Morgan fingerprint density at radius 1 is 1.00 bits per heavy atom. The largest absolute Gasteiger partial charge is 0.454 e. The molecular formula is C26H20N4O3. The van der Waals surface area contributed by atoms with Gasteiger partial charge in [0.2, 0.25) is 6.79 Å². The second-order valence-electron chi connectivity index (χ2n) is 8.46. The van der Waals surface area contributed by atoms with Crippen LogP contribution in [0, 0.1) is 0 Å². The predicted molar refractivity (Wildman–Crippen MR) is 124 cm³/mol. The molecule has 2 N–H and O–H groups in total. The van der Waals surface area contributed by atoms with Gasteiger partial charge < -0.3 is 24.3 Å². The van der Waals surface area contributed by atoms with Crippen LogP contribution in [0.3, 0.4) is 0 Å². The van der Waals surface area contributed by atoms with Crippen LogP contribution in [-0.2, 0) is 6.42 Å². The predicted octanol–water partition coefficient (Wildman–Crippen LogP) is 4.56. The van der Waals surface area contributed by atoms with E-state index in [0.717, 1.165) is 40.0 Å². The van der Waals surface area contributed by atoms with Gasteiger partial charge in [-0.25, -0.2) is 4.98 Å². The standard InChI is InChI=1S/C26H20N4O3/c31-26(16-5-7-20-21(11-16)28-13-27-20)30-10-9-18-17-3-1-2-4-19(17)29-24(18)25(30)15-6-8-22-23(12-15)33-14-32-22/h1-8,11-13,25,29H,9-10,14H2,(H,27,28). The molecule has 2 aliphatic rings. The lowest BCUT2D eigenvalue weighted by Gasteiger charge is -2.36. The van der Waals surface area contributed by atoms with Crippen molar-refractivity contribution in [1.82, 2.24) is 19.9 Å². The normalized spacial score (nSPS) is 17.0. The molecule has 2 aliphatic heterocycles. The summed E-state index contributed by atoms with van der Waals surface area (Å²) in [6.07, 6.45) is 2.43. The Labute approximate surface area is 189 Å². The first kappa shape index (κ1) is 18.3. The zero-order valence-electron chi connectivity index (χ0n) is 17.7. The van der Waals surface area contributed by atoms with E-state index in [1.165, 1.54) is 10.9 Å².